The summed E-state index contributed by atoms with van der Waals surface area (Å²) in [6.45, 7) is 8.10. The van der Waals surface area contributed by atoms with Gasteiger partial charge in [0.15, 0.2) is 0 Å². The van der Waals surface area contributed by atoms with Crippen molar-refractivity contribution in [1.29, 1.82) is 0 Å². The van der Waals surface area contributed by atoms with Crippen LogP contribution in [-0.2, 0) is 0 Å². The van der Waals surface area contributed by atoms with Gasteiger partial charge in [-0.2, -0.15) is 0 Å². The zero-order valence-corrected chi connectivity index (χ0v) is 8.79. The monoisotopic (exact) mass is 182 g/mol. The minimum absolute atomic E-state index is 0.413. The second-order valence-electron chi connectivity index (χ2n) is 3.35. The molecule has 1 rings (SSSR count). The van der Waals surface area contributed by atoms with E-state index in [-0.39, 0.29) is 0 Å². The van der Waals surface area contributed by atoms with Gasteiger partial charge >= 0.3 is 0 Å². The van der Waals surface area contributed by atoms with Crippen LogP contribution in [0.3, 0.4) is 0 Å². The van der Waals surface area contributed by atoms with Gasteiger partial charge in [0.25, 0.3) is 0 Å². The normalized spacial score (nSPS) is 10.8. The first kappa shape index (κ1) is 9.46. The fourth-order valence-electron chi connectivity index (χ4n) is 1.19. The van der Waals surface area contributed by atoms with Crippen molar-refractivity contribution in [2.45, 2.75) is 27.7 Å². The number of aryl methyl sites for hydroxylation is 2. The Morgan fingerprint density at radius 2 is 2.00 bits per heavy atom. The Kier molecular flexibility index (Phi) is 2.68. The van der Waals surface area contributed by atoms with Crippen molar-refractivity contribution in [3.63, 3.8) is 0 Å². The van der Waals surface area contributed by atoms with E-state index in [0.717, 1.165) is 21.9 Å². The molecule has 0 atom stereocenters. The van der Waals surface area contributed by atoms with E-state index in [1.165, 1.54) is 0 Å². The number of rotatable bonds is 2. The van der Waals surface area contributed by atoms with E-state index >= 15 is 0 Å². The van der Waals surface area contributed by atoms with Crippen molar-refractivity contribution >= 4 is 17.1 Å². The van der Waals surface area contributed by atoms with Gasteiger partial charge in [0.05, 0.1) is 0 Å². The summed E-state index contributed by atoms with van der Waals surface area (Å²) in [6, 6.07) is 2.01. The molecule has 0 N–H and O–H groups in total. The Bertz CT molecular complexity index is 297. The van der Waals surface area contributed by atoms with Crippen LogP contribution in [0.5, 0.6) is 0 Å². The number of thiocarbonyl (C=S) groups is 1. The maximum Gasteiger partial charge on any atom is 0.109 e. The molecule has 0 bridgehead atoms. The quantitative estimate of drug-likeness (QED) is 0.514. The van der Waals surface area contributed by atoms with Crippen LogP contribution < -0.4 is 0 Å². The molecule has 0 spiro atoms. The van der Waals surface area contributed by atoms with Gasteiger partial charge in [-0.05, 0) is 25.8 Å². The Hall–Kier alpha value is -0.630. The third-order valence-corrected chi connectivity index (χ3v) is 2.52. The zero-order chi connectivity index (χ0) is 9.30. The lowest BCUT2D eigenvalue weighted by Gasteiger charge is -2.04. The van der Waals surface area contributed by atoms with Crippen molar-refractivity contribution in [2.75, 3.05) is 0 Å². The predicted molar refractivity (Wildman–Crippen MR) is 54.7 cm³/mol. The van der Waals surface area contributed by atoms with E-state index in [4.69, 9.17) is 16.6 Å². The van der Waals surface area contributed by atoms with Crippen molar-refractivity contribution in [3.8, 4) is 0 Å². The van der Waals surface area contributed by atoms with Gasteiger partial charge in [0, 0.05) is 10.4 Å². The van der Waals surface area contributed by atoms with Gasteiger partial charge in [-0.25, -0.2) is 0 Å². The number of hydrogen-bond acceptors (Lipinski definition) is 2. The fraction of sp³-hybridized carbons (Fsp3) is 0.500. The van der Waals surface area contributed by atoms with Crippen molar-refractivity contribution < 1.29 is 4.42 Å². The summed E-state index contributed by atoms with van der Waals surface area (Å²) in [5.41, 5.74) is 1.09. The van der Waals surface area contributed by atoms with E-state index in [0.29, 0.717) is 5.92 Å². The summed E-state index contributed by atoms with van der Waals surface area (Å²) < 4.78 is 5.40. The third kappa shape index (κ3) is 1.75. The lowest BCUT2D eigenvalue weighted by atomic mass is 10.0. The SMILES string of the molecule is Cc1cc(C(=S)C(C)C)c(C)o1. The molecule has 0 aliphatic rings. The molecule has 0 aromatic carbocycles. The van der Waals surface area contributed by atoms with Crippen LogP contribution in [0.25, 0.3) is 0 Å². The summed E-state index contributed by atoms with van der Waals surface area (Å²) in [4.78, 5) is 0.990. The molecule has 0 unspecified atom stereocenters. The second-order valence-corrected chi connectivity index (χ2v) is 3.79. The van der Waals surface area contributed by atoms with E-state index in [2.05, 4.69) is 13.8 Å². The molecular formula is C10H14OS. The first-order valence-corrected chi connectivity index (χ1v) is 4.54. The molecule has 1 aromatic rings. The highest BCUT2D eigenvalue weighted by molar-refractivity contribution is 7.80. The Morgan fingerprint density at radius 3 is 2.33 bits per heavy atom. The second kappa shape index (κ2) is 3.40. The van der Waals surface area contributed by atoms with Gasteiger partial charge in [0.2, 0.25) is 0 Å². The highest BCUT2D eigenvalue weighted by Crippen LogP contribution is 2.18. The Labute approximate surface area is 78.8 Å². The van der Waals surface area contributed by atoms with E-state index < -0.39 is 0 Å². The minimum Gasteiger partial charge on any atom is -0.466 e. The molecule has 0 radical (unpaired) electrons. The van der Waals surface area contributed by atoms with Crippen LogP contribution in [0.4, 0.5) is 0 Å². The maximum atomic E-state index is 5.40. The highest BCUT2D eigenvalue weighted by atomic mass is 32.1. The van der Waals surface area contributed by atoms with Crippen LogP contribution in [0, 0.1) is 19.8 Å². The summed E-state index contributed by atoms with van der Waals surface area (Å²) >= 11 is 5.29. The minimum atomic E-state index is 0.413. The van der Waals surface area contributed by atoms with Gasteiger partial charge < -0.3 is 4.42 Å². The van der Waals surface area contributed by atoms with Gasteiger partial charge in [-0.3, -0.25) is 0 Å². The number of hydrogen-bond donors (Lipinski definition) is 0. The molecule has 0 amide bonds. The van der Waals surface area contributed by atoms with Gasteiger partial charge in [-0.1, -0.05) is 26.1 Å². The van der Waals surface area contributed by atoms with Gasteiger partial charge in [0.1, 0.15) is 11.5 Å². The average molecular weight is 182 g/mol. The van der Waals surface area contributed by atoms with Crippen LogP contribution in [-0.4, -0.2) is 4.86 Å². The average Bonchev–Trinajstić information content (AvgIpc) is 2.28. The molecule has 0 saturated carbocycles. The molecule has 0 fully saturated rings. The molecule has 0 aliphatic carbocycles. The molecule has 0 aliphatic heterocycles. The lowest BCUT2D eigenvalue weighted by molar-refractivity contribution is 0.504. The van der Waals surface area contributed by atoms with Gasteiger partial charge in [-0.15, -0.1) is 0 Å². The van der Waals surface area contributed by atoms with E-state index in [9.17, 15) is 0 Å². The molecule has 1 aromatic heterocycles. The summed E-state index contributed by atoms with van der Waals surface area (Å²) in [6.07, 6.45) is 0. The van der Waals surface area contributed by atoms with Crippen molar-refractivity contribution in [3.05, 3.63) is 23.2 Å². The smallest absolute Gasteiger partial charge is 0.109 e. The summed E-state index contributed by atoms with van der Waals surface area (Å²) in [7, 11) is 0. The van der Waals surface area contributed by atoms with E-state index in [1.807, 2.05) is 19.9 Å². The number of furan rings is 1. The van der Waals surface area contributed by atoms with Crippen LogP contribution in [0.1, 0.15) is 30.9 Å². The van der Waals surface area contributed by atoms with Crippen molar-refractivity contribution in [2.24, 2.45) is 5.92 Å². The largest absolute Gasteiger partial charge is 0.466 e. The van der Waals surface area contributed by atoms with Crippen LogP contribution >= 0.6 is 12.2 Å². The summed E-state index contributed by atoms with van der Waals surface area (Å²) in [5, 5.41) is 0. The molecule has 1 nitrogen and oxygen atoms in total. The molecule has 1 heterocycles. The molecule has 2 heteroatoms. The Balaban J connectivity index is 3.02. The fourth-order valence-corrected chi connectivity index (χ4v) is 1.39. The van der Waals surface area contributed by atoms with Crippen molar-refractivity contribution in [1.82, 2.24) is 0 Å². The molecule has 12 heavy (non-hydrogen) atoms. The van der Waals surface area contributed by atoms with Crippen LogP contribution in [0.15, 0.2) is 10.5 Å². The molecule has 0 saturated heterocycles. The maximum absolute atomic E-state index is 5.40. The van der Waals surface area contributed by atoms with E-state index in [1.54, 1.807) is 0 Å². The standard InChI is InChI=1S/C10H14OS/c1-6(2)10(12)9-5-7(3)11-8(9)4/h5-6H,1-4H3. The summed E-state index contributed by atoms with van der Waals surface area (Å²) in [5.74, 6) is 2.28. The Morgan fingerprint density at radius 1 is 1.42 bits per heavy atom. The first-order chi connectivity index (χ1) is 5.52. The molecular weight excluding hydrogens is 168 g/mol. The predicted octanol–water partition coefficient (Wildman–Crippen LogP) is 3.27. The third-order valence-electron chi connectivity index (χ3n) is 1.83. The lowest BCUT2D eigenvalue weighted by Crippen LogP contribution is -2.05. The first-order valence-electron chi connectivity index (χ1n) is 4.13. The topological polar surface area (TPSA) is 13.1 Å². The molecule has 66 valence electrons. The zero-order valence-electron chi connectivity index (χ0n) is 7.97. The highest BCUT2D eigenvalue weighted by Gasteiger charge is 2.12. The van der Waals surface area contributed by atoms with Crippen LogP contribution in [0.2, 0.25) is 0 Å².